The number of carboxylic acid groups (broad SMARTS) is 1. The largest absolute Gasteiger partial charge is 0.478 e. The lowest BCUT2D eigenvalue weighted by Gasteiger charge is -2.11. The number of nitrogens with zero attached hydrogens (tertiary/aromatic N) is 1. The van der Waals surface area contributed by atoms with Crippen LogP contribution in [0.25, 0.3) is 0 Å². The monoisotopic (exact) mass is 330 g/mol. The first kappa shape index (κ1) is 16.6. The van der Waals surface area contributed by atoms with E-state index >= 15 is 0 Å². The Morgan fingerprint density at radius 2 is 1.90 bits per heavy atom. The van der Waals surface area contributed by atoms with Crippen molar-refractivity contribution in [1.82, 2.24) is 0 Å². The van der Waals surface area contributed by atoms with Crippen LogP contribution in [0, 0.1) is 15.9 Å². The molecule has 0 atom stereocenters. The summed E-state index contributed by atoms with van der Waals surface area (Å²) in [4.78, 5) is 30.8. The molecular formula is C9H3ClF4N2O5. The molecule has 114 valence electrons. The summed E-state index contributed by atoms with van der Waals surface area (Å²) in [6.45, 7) is 0. The maximum absolute atomic E-state index is 13.5. The Hall–Kier alpha value is -2.43. The molecule has 0 aliphatic rings. The van der Waals surface area contributed by atoms with E-state index in [-0.39, 0.29) is 0 Å². The molecule has 1 amide bonds. The smallest absolute Gasteiger partial charge is 0.471 e. The molecule has 12 heteroatoms. The van der Waals surface area contributed by atoms with Gasteiger partial charge in [-0.2, -0.15) is 17.6 Å². The summed E-state index contributed by atoms with van der Waals surface area (Å²) in [5.41, 5.74) is -4.29. The molecule has 0 aliphatic heterocycles. The number of halogens is 5. The van der Waals surface area contributed by atoms with Gasteiger partial charge in [0.2, 0.25) is 5.82 Å². The number of rotatable bonds is 3. The average Bonchev–Trinajstić information content (AvgIpc) is 2.31. The first-order chi connectivity index (χ1) is 9.46. The van der Waals surface area contributed by atoms with Crippen molar-refractivity contribution < 1.29 is 37.2 Å². The summed E-state index contributed by atoms with van der Waals surface area (Å²) in [6, 6.07) is 0.345. The Morgan fingerprint density at radius 3 is 2.29 bits per heavy atom. The van der Waals surface area contributed by atoms with Crippen LogP contribution in [0.3, 0.4) is 0 Å². The first-order valence-corrected chi connectivity index (χ1v) is 5.12. The van der Waals surface area contributed by atoms with Crippen LogP contribution < -0.4 is 5.32 Å². The zero-order valence-corrected chi connectivity index (χ0v) is 10.3. The van der Waals surface area contributed by atoms with Gasteiger partial charge in [-0.15, -0.1) is 0 Å². The lowest BCUT2D eigenvalue weighted by atomic mass is 10.1. The fourth-order valence-electron chi connectivity index (χ4n) is 1.26. The predicted octanol–water partition coefficient (Wildman–Crippen LogP) is 2.59. The lowest BCUT2D eigenvalue weighted by molar-refractivity contribution is -0.386. The maximum atomic E-state index is 13.5. The molecule has 0 bridgehead atoms. The Morgan fingerprint density at radius 1 is 1.38 bits per heavy atom. The Labute approximate surface area is 117 Å². The van der Waals surface area contributed by atoms with E-state index in [1.807, 2.05) is 0 Å². The van der Waals surface area contributed by atoms with Crippen molar-refractivity contribution in [2.24, 2.45) is 0 Å². The maximum Gasteiger partial charge on any atom is 0.471 e. The Balaban J connectivity index is 3.60. The Kier molecular flexibility index (Phi) is 4.37. The molecule has 0 heterocycles. The minimum absolute atomic E-state index is 0.345. The summed E-state index contributed by atoms with van der Waals surface area (Å²) in [5.74, 6) is -6.42. The molecule has 0 aliphatic carbocycles. The number of nitrogens with one attached hydrogen (secondary N) is 1. The highest BCUT2D eigenvalue weighted by molar-refractivity contribution is 6.31. The van der Waals surface area contributed by atoms with Crippen LogP contribution in [-0.2, 0) is 4.79 Å². The van der Waals surface area contributed by atoms with Gasteiger partial charge >= 0.3 is 23.7 Å². The van der Waals surface area contributed by atoms with E-state index in [4.69, 9.17) is 16.7 Å². The van der Waals surface area contributed by atoms with Gasteiger partial charge in [0.1, 0.15) is 5.69 Å². The van der Waals surface area contributed by atoms with Gasteiger partial charge in [0.25, 0.3) is 0 Å². The minimum atomic E-state index is -5.46. The number of aromatic carboxylic acids is 1. The van der Waals surface area contributed by atoms with Crippen LogP contribution in [0.1, 0.15) is 10.4 Å². The van der Waals surface area contributed by atoms with E-state index in [2.05, 4.69) is 0 Å². The number of hydrogen-bond donors (Lipinski definition) is 2. The van der Waals surface area contributed by atoms with Gasteiger partial charge in [-0.3, -0.25) is 14.9 Å². The van der Waals surface area contributed by atoms with E-state index < -0.39 is 50.8 Å². The fourth-order valence-corrected chi connectivity index (χ4v) is 1.46. The first-order valence-electron chi connectivity index (χ1n) is 4.74. The quantitative estimate of drug-likeness (QED) is 0.503. The molecule has 2 N–H and O–H groups in total. The SMILES string of the molecule is O=C(O)c1cc(Cl)c(F)c([N+](=O)[O-])c1NC(=O)C(F)(F)F. The van der Waals surface area contributed by atoms with E-state index in [0.717, 1.165) is 5.32 Å². The number of carboxylic acids is 1. The number of hydrogen-bond acceptors (Lipinski definition) is 4. The van der Waals surface area contributed by atoms with Gasteiger partial charge in [-0.05, 0) is 6.07 Å². The molecule has 0 fully saturated rings. The number of carbonyl (C=O) groups excluding carboxylic acids is 1. The number of benzene rings is 1. The summed E-state index contributed by atoms with van der Waals surface area (Å²) < 4.78 is 49.9. The summed E-state index contributed by atoms with van der Waals surface area (Å²) in [6.07, 6.45) is -5.46. The molecule has 21 heavy (non-hydrogen) atoms. The van der Waals surface area contributed by atoms with Crippen molar-refractivity contribution >= 4 is 34.9 Å². The summed E-state index contributed by atoms with van der Waals surface area (Å²) in [7, 11) is 0. The highest BCUT2D eigenvalue weighted by Gasteiger charge is 2.41. The molecule has 0 spiro atoms. The predicted molar refractivity (Wildman–Crippen MR) is 59.7 cm³/mol. The van der Waals surface area contributed by atoms with E-state index in [1.54, 1.807) is 0 Å². The zero-order chi connectivity index (χ0) is 16.5. The van der Waals surface area contributed by atoms with Gasteiger partial charge in [0.05, 0.1) is 15.5 Å². The number of amides is 1. The van der Waals surface area contributed by atoms with Crippen molar-refractivity contribution in [3.63, 3.8) is 0 Å². The van der Waals surface area contributed by atoms with Gasteiger partial charge in [-0.1, -0.05) is 11.6 Å². The van der Waals surface area contributed by atoms with Crippen LogP contribution in [0.2, 0.25) is 5.02 Å². The molecule has 0 unspecified atom stereocenters. The van der Waals surface area contributed by atoms with Gasteiger partial charge < -0.3 is 10.4 Å². The molecule has 0 radical (unpaired) electrons. The van der Waals surface area contributed by atoms with Crippen molar-refractivity contribution in [2.75, 3.05) is 5.32 Å². The second-order valence-corrected chi connectivity index (χ2v) is 3.86. The number of nitro benzene ring substituents is 1. The van der Waals surface area contributed by atoms with Gasteiger partial charge in [0, 0.05) is 0 Å². The zero-order valence-electron chi connectivity index (χ0n) is 9.49. The van der Waals surface area contributed by atoms with Crippen molar-refractivity contribution in [2.45, 2.75) is 6.18 Å². The summed E-state index contributed by atoms with van der Waals surface area (Å²) in [5, 5.41) is 19.4. The van der Waals surface area contributed by atoms with Gasteiger partial charge in [-0.25, -0.2) is 4.79 Å². The van der Waals surface area contributed by atoms with Crippen molar-refractivity contribution in [3.8, 4) is 0 Å². The number of alkyl halides is 3. The van der Waals surface area contributed by atoms with Crippen LogP contribution in [-0.4, -0.2) is 28.1 Å². The third kappa shape index (κ3) is 3.37. The molecule has 0 saturated carbocycles. The molecule has 7 nitrogen and oxygen atoms in total. The normalized spacial score (nSPS) is 11.1. The third-order valence-corrected chi connectivity index (χ3v) is 2.38. The number of anilines is 1. The Bertz CT molecular complexity index is 646. The molecule has 1 rings (SSSR count). The van der Waals surface area contributed by atoms with Crippen LogP contribution in [0.5, 0.6) is 0 Å². The van der Waals surface area contributed by atoms with Crippen LogP contribution >= 0.6 is 11.6 Å². The molecule has 0 aromatic heterocycles. The second kappa shape index (κ2) is 5.52. The minimum Gasteiger partial charge on any atom is -0.478 e. The van der Waals surface area contributed by atoms with Crippen molar-refractivity contribution in [1.29, 1.82) is 0 Å². The van der Waals surface area contributed by atoms with Gasteiger partial charge in [0.15, 0.2) is 0 Å². The third-order valence-electron chi connectivity index (χ3n) is 2.10. The topological polar surface area (TPSA) is 110 Å². The number of nitro groups is 1. The second-order valence-electron chi connectivity index (χ2n) is 3.46. The fraction of sp³-hybridized carbons (Fsp3) is 0.111. The lowest BCUT2D eigenvalue weighted by Crippen LogP contribution is -2.31. The molecule has 1 aromatic rings. The van der Waals surface area contributed by atoms with E-state index in [0.29, 0.717) is 6.07 Å². The molecule has 0 saturated heterocycles. The molecular weight excluding hydrogens is 328 g/mol. The number of carbonyl (C=O) groups is 2. The molecule has 1 aromatic carbocycles. The van der Waals surface area contributed by atoms with Crippen molar-refractivity contribution in [3.05, 3.63) is 32.6 Å². The standard InChI is InChI=1S/C9H3ClF4N2O5/c10-3-1-2(7(17)18)5(6(4(3)11)16(20)21)15-8(19)9(12,13)14/h1H,(H,15,19)(H,17,18). The highest BCUT2D eigenvalue weighted by Crippen LogP contribution is 2.37. The van der Waals surface area contributed by atoms with E-state index in [1.165, 1.54) is 0 Å². The van der Waals surface area contributed by atoms with Crippen LogP contribution in [0.4, 0.5) is 28.9 Å². The van der Waals surface area contributed by atoms with Crippen LogP contribution in [0.15, 0.2) is 6.07 Å². The van der Waals surface area contributed by atoms with E-state index in [9.17, 15) is 37.3 Å². The summed E-state index contributed by atoms with van der Waals surface area (Å²) >= 11 is 5.23. The highest BCUT2D eigenvalue weighted by atomic mass is 35.5. The average molecular weight is 331 g/mol.